The Morgan fingerprint density at radius 2 is 1.76 bits per heavy atom. The molecule has 3 rings (SSSR count). The third-order valence-corrected chi connectivity index (χ3v) is 5.56. The molecule has 0 atom stereocenters. The van der Waals surface area contributed by atoms with E-state index in [1.54, 1.807) is 12.1 Å². The first-order valence-electron chi connectivity index (χ1n) is 11.1. The van der Waals surface area contributed by atoms with Crippen LogP contribution in [0.2, 0.25) is 0 Å². The van der Waals surface area contributed by atoms with Crippen LogP contribution in [-0.4, -0.2) is 23.1 Å². The average Bonchev–Trinajstić information content (AvgIpc) is 2.79. The molecule has 0 fully saturated rings. The molecule has 3 aromatic rings. The maximum Gasteiger partial charge on any atom is 0.453 e. The fourth-order valence-corrected chi connectivity index (χ4v) is 3.58. The number of alkyl halides is 3. The third kappa shape index (κ3) is 5.50. The summed E-state index contributed by atoms with van der Waals surface area (Å²) < 4.78 is 52.4. The minimum Gasteiger partial charge on any atom is -0.507 e. The minimum absolute atomic E-state index is 0.0810. The van der Waals surface area contributed by atoms with Gasteiger partial charge >= 0.3 is 6.18 Å². The van der Waals surface area contributed by atoms with Gasteiger partial charge in [0.1, 0.15) is 17.1 Å². The van der Waals surface area contributed by atoms with E-state index < -0.39 is 23.1 Å². The molecule has 178 valence electrons. The van der Waals surface area contributed by atoms with Crippen molar-refractivity contribution in [1.29, 1.82) is 0 Å². The molecular formula is C25H28F3NO4. The number of aromatic hydroxyl groups is 1. The van der Waals surface area contributed by atoms with Crippen LogP contribution in [-0.2, 0) is 19.1 Å². The number of halogens is 3. The van der Waals surface area contributed by atoms with Gasteiger partial charge in [0, 0.05) is 6.54 Å². The first kappa shape index (κ1) is 24.6. The van der Waals surface area contributed by atoms with Gasteiger partial charge in [-0.3, -0.25) is 9.69 Å². The lowest BCUT2D eigenvalue weighted by molar-refractivity contribution is -0.154. The molecule has 0 spiro atoms. The highest BCUT2D eigenvalue weighted by Gasteiger charge is 2.41. The normalized spacial score (nSPS) is 12.0. The highest BCUT2D eigenvalue weighted by atomic mass is 19.4. The van der Waals surface area contributed by atoms with Crippen molar-refractivity contribution in [2.75, 3.05) is 13.1 Å². The second kappa shape index (κ2) is 10.3. The molecule has 0 aliphatic rings. The van der Waals surface area contributed by atoms with Crippen LogP contribution < -0.4 is 10.2 Å². The van der Waals surface area contributed by atoms with Gasteiger partial charge in [-0.05, 0) is 55.8 Å². The summed E-state index contributed by atoms with van der Waals surface area (Å²) in [5.41, 5.74) is -0.100. The molecule has 0 radical (unpaired) electrons. The Balaban J connectivity index is 2.16. The molecule has 5 nitrogen and oxygen atoms in total. The van der Waals surface area contributed by atoms with Crippen molar-refractivity contribution in [2.45, 2.75) is 52.8 Å². The highest BCUT2D eigenvalue weighted by Crippen LogP contribution is 2.40. The van der Waals surface area contributed by atoms with Crippen molar-refractivity contribution in [3.05, 3.63) is 63.5 Å². The molecular weight excluding hydrogens is 435 g/mol. The van der Waals surface area contributed by atoms with Gasteiger partial charge in [0.15, 0.2) is 0 Å². The number of rotatable bonds is 9. The lowest BCUT2D eigenvalue weighted by Crippen LogP contribution is -2.24. The minimum atomic E-state index is -4.97. The Hall–Kier alpha value is -3.00. The first-order valence-corrected chi connectivity index (χ1v) is 11.1. The standard InChI is InChI=1S/C25H28F3NO4/c1-4-7-14-29(6-3)15-19-20(30)13-12-18-21(31)23(24(25(26,27)28)33-22(18)19)32-17-10-8-16(5-2)9-11-17/h8-13,30H,4-7,14-15H2,1-3H3. The van der Waals surface area contributed by atoms with E-state index >= 15 is 0 Å². The zero-order valence-electron chi connectivity index (χ0n) is 19.0. The average molecular weight is 463 g/mol. The third-order valence-electron chi connectivity index (χ3n) is 5.56. The Labute approximate surface area is 190 Å². The predicted molar refractivity (Wildman–Crippen MR) is 121 cm³/mol. The quantitative estimate of drug-likeness (QED) is 0.393. The van der Waals surface area contributed by atoms with Crippen molar-refractivity contribution in [2.24, 2.45) is 0 Å². The molecule has 0 bridgehead atoms. The van der Waals surface area contributed by atoms with Gasteiger partial charge in [-0.25, -0.2) is 0 Å². The number of fused-ring (bicyclic) bond motifs is 1. The lowest BCUT2D eigenvalue weighted by Gasteiger charge is -2.22. The van der Waals surface area contributed by atoms with Crippen LogP contribution in [0.15, 0.2) is 45.6 Å². The van der Waals surface area contributed by atoms with Crippen molar-refractivity contribution < 1.29 is 27.4 Å². The van der Waals surface area contributed by atoms with Gasteiger partial charge in [0.2, 0.25) is 11.2 Å². The summed E-state index contributed by atoms with van der Waals surface area (Å²) >= 11 is 0. The molecule has 0 aliphatic carbocycles. The van der Waals surface area contributed by atoms with Crippen molar-refractivity contribution >= 4 is 11.0 Å². The van der Waals surface area contributed by atoms with Crippen LogP contribution in [0.3, 0.4) is 0 Å². The van der Waals surface area contributed by atoms with Gasteiger partial charge in [-0.1, -0.05) is 39.3 Å². The zero-order chi connectivity index (χ0) is 24.2. The number of phenolic OH excluding ortho intramolecular Hbond substituents is 1. The molecule has 0 saturated carbocycles. The number of nitrogens with zero attached hydrogens (tertiary/aromatic N) is 1. The van der Waals surface area contributed by atoms with E-state index in [1.165, 1.54) is 24.3 Å². The topological polar surface area (TPSA) is 62.9 Å². The molecule has 1 heterocycles. The molecule has 0 unspecified atom stereocenters. The second-order valence-electron chi connectivity index (χ2n) is 7.85. The smallest absolute Gasteiger partial charge is 0.453 e. The number of phenols is 1. The van der Waals surface area contributed by atoms with E-state index in [9.17, 15) is 23.1 Å². The molecule has 33 heavy (non-hydrogen) atoms. The number of aryl methyl sites for hydroxylation is 1. The van der Waals surface area contributed by atoms with E-state index in [1.807, 2.05) is 25.7 Å². The number of benzene rings is 2. The van der Waals surface area contributed by atoms with Gasteiger partial charge in [-0.15, -0.1) is 0 Å². The highest BCUT2D eigenvalue weighted by molar-refractivity contribution is 5.83. The second-order valence-corrected chi connectivity index (χ2v) is 7.85. The Morgan fingerprint density at radius 1 is 1.06 bits per heavy atom. The van der Waals surface area contributed by atoms with Crippen molar-refractivity contribution in [3.8, 4) is 17.2 Å². The number of ether oxygens (including phenoxy) is 1. The molecule has 0 amide bonds. The van der Waals surface area contributed by atoms with Crippen LogP contribution in [0, 0.1) is 0 Å². The Bertz CT molecular complexity index is 1150. The molecule has 0 aliphatic heterocycles. The monoisotopic (exact) mass is 463 g/mol. The summed E-state index contributed by atoms with van der Waals surface area (Å²) in [6.07, 6.45) is -2.37. The summed E-state index contributed by atoms with van der Waals surface area (Å²) in [6, 6.07) is 9.02. The molecule has 1 N–H and O–H groups in total. The van der Waals surface area contributed by atoms with E-state index in [2.05, 4.69) is 0 Å². The Morgan fingerprint density at radius 3 is 2.33 bits per heavy atom. The zero-order valence-corrected chi connectivity index (χ0v) is 19.0. The van der Waals surface area contributed by atoms with Crippen LogP contribution in [0.4, 0.5) is 13.2 Å². The maximum absolute atomic E-state index is 13.9. The maximum atomic E-state index is 13.9. The van der Waals surface area contributed by atoms with Crippen molar-refractivity contribution in [1.82, 2.24) is 4.90 Å². The van der Waals surface area contributed by atoms with Gasteiger partial charge < -0.3 is 14.3 Å². The van der Waals surface area contributed by atoms with E-state index in [0.29, 0.717) is 13.1 Å². The molecule has 8 heteroatoms. The van der Waals surface area contributed by atoms with Crippen LogP contribution in [0.1, 0.15) is 50.5 Å². The Kier molecular flexibility index (Phi) is 7.68. The van der Waals surface area contributed by atoms with Gasteiger partial charge in [-0.2, -0.15) is 13.2 Å². The van der Waals surface area contributed by atoms with E-state index in [-0.39, 0.29) is 34.6 Å². The summed E-state index contributed by atoms with van der Waals surface area (Å²) in [7, 11) is 0. The largest absolute Gasteiger partial charge is 0.507 e. The fraction of sp³-hybridized carbons (Fsp3) is 0.400. The fourth-order valence-electron chi connectivity index (χ4n) is 3.58. The first-order chi connectivity index (χ1) is 15.7. The number of hydrogen-bond donors (Lipinski definition) is 1. The summed E-state index contributed by atoms with van der Waals surface area (Å²) in [4.78, 5) is 15.1. The van der Waals surface area contributed by atoms with E-state index in [0.717, 1.165) is 24.8 Å². The van der Waals surface area contributed by atoms with Crippen LogP contribution in [0.5, 0.6) is 17.2 Å². The molecule has 2 aromatic carbocycles. The summed E-state index contributed by atoms with van der Waals surface area (Å²) in [6.45, 7) is 7.39. The number of unbranched alkanes of at least 4 members (excludes halogenated alkanes) is 1. The molecule has 1 aromatic heterocycles. The van der Waals surface area contributed by atoms with E-state index in [4.69, 9.17) is 9.15 Å². The van der Waals surface area contributed by atoms with Gasteiger partial charge in [0.05, 0.1) is 10.9 Å². The summed E-state index contributed by atoms with van der Waals surface area (Å²) in [5.74, 6) is -2.57. The SMILES string of the molecule is CCCCN(CC)Cc1c(O)ccc2c(=O)c(Oc3ccc(CC)cc3)c(C(F)(F)F)oc12. The van der Waals surface area contributed by atoms with Crippen molar-refractivity contribution in [3.63, 3.8) is 0 Å². The van der Waals surface area contributed by atoms with Crippen LogP contribution in [0.25, 0.3) is 11.0 Å². The summed E-state index contributed by atoms with van der Waals surface area (Å²) in [5, 5.41) is 10.3. The van der Waals surface area contributed by atoms with Crippen LogP contribution >= 0.6 is 0 Å². The predicted octanol–water partition coefficient (Wildman–Crippen LogP) is 6.49. The van der Waals surface area contributed by atoms with Gasteiger partial charge in [0.25, 0.3) is 5.76 Å². The number of hydrogen-bond acceptors (Lipinski definition) is 5. The molecule has 0 saturated heterocycles. The lowest BCUT2D eigenvalue weighted by atomic mass is 10.1.